The zero-order valence-corrected chi connectivity index (χ0v) is 9.33. The molecule has 4 nitrogen and oxygen atoms in total. The second-order valence-corrected chi connectivity index (χ2v) is 3.77. The SMILES string of the molecule is OCc1nc(-c2cc(F)c(Br)cc2F)no1. The van der Waals surface area contributed by atoms with Gasteiger partial charge in [-0.2, -0.15) is 4.98 Å². The molecule has 0 bridgehead atoms. The lowest BCUT2D eigenvalue weighted by atomic mass is 10.2. The summed E-state index contributed by atoms with van der Waals surface area (Å²) in [7, 11) is 0. The van der Waals surface area contributed by atoms with Gasteiger partial charge in [-0.3, -0.25) is 0 Å². The standard InChI is InChI=1S/C9H5BrF2N2O2/c10-5-2-6(11)4(1-7(5)12)9-13-8(3-15)16-14-9/h1-2,15H,3H2. The fraction of sp³-hybridized carbons (Fsp3) is 0.111. The first-order chi connectivity index (χ1) is 7.61. The highest BCUT2D eigenvalue weighted by Crippen LogP contribution is 2.26. The molecular weight excluding hydrogens is 286 g/mol. The van der Waals surface area contributed by atoms with Gasteiger partial charge in [0, 0.05) is 0 Å². The van der Waals surface area contributed by atoms with E-state index in [1.807, 2.05) is 0 Å². The molecule has 0 saturated carbocycles. The molecule has 0 aliphatic rings. The highest BCUT2D eigenvalue weighted by Gasteiger charge is 2.15. The summed E-state index contributed by atoms with van der Waals surface area (Å²) in [5.41, 5.74) is -0.121. The van der Waals surface area contributed by atoms with Gasteiger partial charge in [-0.15, -0.1) is 0 Å². The van der Waals surface area contributed by atoms with E-state index in [2.05, 4.69) is 30.6 Å². The number of benzene rings is 1. The van der Waals surface area contributed by atoms with Gasteiger partial charge in [0.2, 0.25) is 5.82 Å². The van der Waals surface area contributed by atoms with Gasteiger partial charge < -0.3 is 9.63 Å². The van der Waals surface area contributed by atoms with E-state index in [0.29, 0.717) is 0 Å². The maximum Gasteiger partial charge on any atom is 0.252 e. The van der Waals surface area contributed by atoms with Crippen molar-refractivity contribution < 1.29 is 18.4 Å². The van der Waals surface area contributed by atoms with Crippen LogP contribution < -0.4 is 0 Å². The van der Waals surface area contributed by atoms with Crippen molar-refractivity contribution in [3.63, 3.8) is 0 Å². The third-order valence-electron chi connectivity index (χ3n) is 1.85. The largest absolute Gasteiger partial charge is 0.387 e. The Labute approximate surface area is 97.0 Å². The molecule has 84 valence electrons. The summed E-state index contributed by atoms with van der Waals surface area (Å²) in [4.78, 5) is 3.68. The zero-order valence-electron chi connectivity index (χ0n) is 7.75. The van der Waals surface area contributed by atoms with E-state index in [9.17, 15) is 8.78 Å². The Morgan fingerprint density at radius 1 is 1.31 bits per heavy atom. The van der Waals surface area contributed by atoms with Gasteiger partial charge in [0.1, 0.15) is 18.2 Å². The first-order valence-electron chi connectivity index (χ1n) is 4.20. The summed E-state index contributed by atoms with van der Waals surface area (Å²) >= 11 is 2.85. The molecule has 1 aromatic heterocycles. The Morgan fingerprint density at radius 2 is 2.06 bits per heavy atom. The van der Waals surface area contributed by atoms with Crippen molar-refractivity contribution in [2.75, 3.05) is 0 Å². The molecule has 0 atom stereocenters. The maximum absolute atomic E-state index is 13.4. The molecule has 0 radical (unpaired) electrons. The monoisotopic (exact) mass is 290 g/mol. The van der Waals surface area contributed by atoms with Crippen LogP contribution in [0.1, 0.15) is 5.89 Å². The van der Waals surface area contributed by atoms with Crippen molar-refractivity contribution >= 4 is 15.9 Å². The fourth-order valence-electron chi connectivity index (χ4n) is 1.12. The molecule has 0 aliphatic carbocycles. The van der Waals surface area contributed by atoms with Gasteiger partial charge in [0.25, 0.3) is 5.89 Å². The van der Waals surface area contributed by atoms with Crippen LogP contribution in [0.15, 0.2) is 21.1 Å². The van der Waals surface area contributed by atoms with E-state index in [1.165, 1.54) is 0 Å². The first-order valence-corrected chi connectivity index (χ1v) is 4.99. The number of halogens is 3. The zero-order chi connectivity index (χ0) is 11.7. The molecule has 1 N–H and O–H groups in total. The van der Waals surface area contributed by atoms with Gasteiger partial charge in [-0.25, -0.2) is 8.78 Å². The predicted octanol–water partition coefficient (Wildman–Crippen LogP) is 2.27. The average molecular weight is 291 g/mol. The van der Waals surface area contributed by atoms with Crippen LogP contribution in [0.3, 0.4) is 0 Å². The second-order valence-electron chi connectivity index (χ2n) is 2.92. The molecule has 2 aromatic rings. The number of aliphatic hydroxyl groups excluding tert-OH is 1. The van der Waals surface area contributed by atoms with Crippen molar-refractivity contribution in [3.05, 3.63) is 34.1 Å². The number of nitrogens with zero attached hydrogens (tertiary/aromatic N) is 2. The number of aliphatic hydroxyl groups is 1. The summed E-state index contributed by atoms with van der Waals surface area (Å²) in [5, 5.41) is 12.1. The van der Waals surface area contributed by atoms with Crippen LogP contribution in [0.25, 0.3) is 11.4 Å². The van der Waals surface area contributed by atoms with E-state index in [0.717, 1.165) is 12.1 Å². The van der Waals surface area contributed by atoms with Crippen molar-refractivity contribution in [3.8, 4) is 11.4 Å². The summed E-state index contributed by atoms with van der Waals surface area (Å²) in [6.07, 6.45) is 0. The lowest BCUT2D eigenvalue weighted by molar-refractivity contribution is 0.222. The number of hydrogen-bond donors (Lipinski definition) is 1. The van der Waals surface area contributed by atoms with E-state index in [1.54, 1.807) is 0 Å². The molecule has 7 heteroatoms. The lowest BCUT2D eigenvalue weighted by Gasteiger charge is -1.99. The quantitative estimate of drug-likeness (QED) is 0.862. The molecule has 0 amide bonds. The van der Waals surface area contributed by atoms with E-state index >= 15 is 0 Å². The van der Waals surface area contributed by atoms with Gasteiger partial charge in [-0.05, 0) is 28.1 Å². The normalized spacial score (nSPS) is 10.8. The average Bonchev–Trinajstić information content (AvgIpc) is 2.71. The highest BCUT2D eigenvalue weighted by atomic mass is 79.9. The molecule has 0 unspecified atom stereocenters. The molecule has 0 spiro atoms. The maximum atomic E-state index is 13.4. The van der Waals surface area contributed by atoms with Crippen molar-refractivity contribution in [2.45, 2.75) is 6.61 Å². The van der Waals surface area contributed by atoms with Gasteiger partial charge in [-0.1, -0.05) is 5.16 Å². The Balaban J connectivity index is 2.51. The minimum atomic E-state index is -0.682. The molecule has 1 heterocycles. The molecular formula is C9H5BrF2N2O2. The number of aromatic nitrogens is 2. The molecule has 0 fully saturated rings. The Bertz CT molecular complexity index is 530. The minimum Gasteiger partial charge on any atom is -0.387 e. The van der Waals surface area contributed by atoms with Crippen LogP contribution in [0, 0.1) is 11.6 Å². The summed E-state index contributed by atoms with van der Waals surface area (Å²) in [6.45, 7) is -0.451. The molecule has 0 aliphatic heterocycles. The Morgan fingerprint density at radius 3 is 2.69 bits per heavy atom. The Kier molecular flexibility index (Phi) is 2.97. The second kappa shape index (κ2) is 4.26. The first kappa shape index (κ1) is 11.2. The third-order valence-corrected chi connectivity index (χ3v) is 2.46. The van der Waals surface area contributed by atoms with Crippen molar-refractivity contribution in [1.29, 1.82) is 0 Å². The van der Waals surface area contributed by atoms with E-state index in [4.69, 9.17) is 5.11 Å². The highest BCUT2D eigenvalue weighted by molar-refractivity contribution is 9.10. The van der Waals surface area contributed by atoms with Crippen molar-refractivity contribution in [2.24, 2.45) is 0 Å². The topological polar surface area (TPSA) is 59.2 Å². The molecule has 16 heavy (non-hydrogen) atoms. The van der Waals surface area contributed by atoms with Crippen LogP contribution in [0.2, 0.25) is 0 Å². The molecule has 2 rings (SSSR count). The smallest absolute Gasteiger partial charge is 0.252 e. The van der Waals surface area contributed by atoms with Crippen LogP contribution in [0.5, 0.6) is 0 Å². The lowest BCUT2D eigenvalue weighted by Crippen LogP contribution is -1.90. The van der Waals surface area contributed by atoms with Crippen LogP contribution in [0.4, 0.5) is 8.78 Å². The summed E-state index contributed by atoms with van der Waals surface area (Å²) in [6, 6.07) is 1.92. The minimum absolute atomic E-state index is 0.0135. The molecule has 0 saturated heterocycles. The Hall–Kier alpha value is -1.34. The fourth-order valence-corrected chi connectivity index (χ4v) is 1.44. The number of hydrogen-bond acceptors (Lipinski definition) is 4. The third kappa shape index (κ3) is 1.96. The van der Waals surface area contributed by atoms with E-state index < -0.39 is 18.2 Å². The van der Waals surface area contributed by atoms with Gasteiger partial charge >= 0.3 is 0 Å². The number of rotatable bonds is 2. The predicted molar refractivity (Wildman–Crippen MR) is 53.3 cm³/mol. The molecule has 1 aromatic carbocycles. The summed E-state index contributed by atoms with van der Waals surface area (Å²) < 4.78 is 31.2. The van der Waals surface area contributed by atoms with Crippen LogP contribution in [-0.2, 0) is 6.61 Å². The van der Waals surface area contributed by atoms with Gasteiger partial charge in [0.05, 0.1) is 10.0 Å². The van der Waals surface area contributed by atoms with Crippen LogP contribution in [-0.4, -0.2) is 15.2 Å². The van der Waals surface area contributed by atoms with Crippen molar-refractivity contribution in [1.82, 2.24) is 10.1 Å². The van der Waals surface area contributed by atoms with E-state index in [-0.39, 0.29) is 21.8 Å². The van der Waals surface area contributed by atoms with Gasteiger partial charge in [0.15, 0.2) is 0 Å². The van der Waals surface area contributed by atoms with Crippen LogP contribution >= 0.6 is 15.9 Å². The summed E-state index contributed by atoms with van der Waals surface area (Å²) in [5.74, 6) is -1.48.